The van der Waals surface area contributed by atoms with Crippen LogP contribution in [0.3, 0.4) is 0 Å². The van der Waals surface area contributed by atoms with Gasteiger partial charge in [0.1, 0.15) is 23.3 Å². The summed E-state index contributed by atoms with van der Waals surface area (Å²) < 4.78 is 12.6. The van der Waals surface area contributed by atoms with E-state index in [9.17, 15) is 19.8 Å². The number of aliphatic hydroxyl groups excluding tert-OH is 2. The lowest BCUT2D eigenvalue weighted by atomic mass is 10.1. The second-order valence-electron chi connectivity index (χ2n) is 11.0. The normalized spacial score (nSPS) is 28.5. The average Bonchev–Trinajstić information content (AvgIpc) is 3.62. The van der Waals surface area contributed by atoms with Crippen LogP contribution in [0.4, 0.5) is 10.6 Å². The molecule has 5 rings (SSSR count). The largest absolute Gasteiger partial charge is 0.444 e. The van der Waals surface area contributed by atoms with Crippen molar-refractivity contribution in [2.24, 2.45) is 0 Å². The molecule has 0 saturated carbocycles. The first-order chi connectivity index (χ1) is 18.5. The highest BCUT2D eigenvalue weighted by atomic mass is 16.6. The Bertz CT molecular complexity index is 1330. The molecule has 5 N–H and O–H groups in total. The van der Waals surface area contributed by atoms with Crippen LogP contribution in [0.1, 0.15) is 46.2 Å². The van der Waals surface area contributed by atoms with Crippen molar-refractivity contribution in [2.75, 3.05) is 31.9 Å². The number of nitrogen functional groups attached to an aromatic ring is 1. The van der Waals surface area contributed by atoms with Crippen LogP contribution < -0.4 is 11.1 Å². The molecule has 4 unspecified atom stereocenters. The number of nitrogens with two attached hydrogens (primary N) is 1. The Hall–Kier alpha value is -3.51. The fourth-order valence-electron chi connectivity index (χ4n) is 5.27. The van der Waals surface area contributed by atoms with Crippen LogP contribution in [0, 0.1) is 11.8 Å². The van der Waals surface area contributed by atoms with E-state index in [0.717, 1.165) is 6.42 Å². The van der Waals surface area contributed by atoms with Crippen molar-refractivity contribution in [3.8, 4) is 11.8 Å². The van der Waals surface area contributed by atoms with Crippen molar-refractivity contribution < 1.29 is 29.3 Å². The summed E-state index contributed by atoms with van der Waals surface area (Å²) in [5.74, 6) is 5.77. The van der Waals surface area contributed by atoms with Crippen molar-refractivity contribution in [3.05, 3.63) is 12.2 Å². The van der Waals surface area contributed by atoms with Crippen LogP contribution >= 0.6 is 0 Å². The van der Waals surface area contributed by atoms with Crippen LogP contribution in [0.2, 0.25) is 0 Å². The van der Waals surface area contributed by atoms with Crippen LogP contribution in [-0.4, -0.2) is 114 Å². The summed E-state index contributed by atoms with van der Waals surface area (Å²) in [5.41, 5.74) is 6.11. The Kier molecular flexibility index (Phi) is 7.10. The van der Waals surface area contributed by atoms with E-state index in [4.69, 9.17) is 15.2 Å². The van der Waals surface area contributed by atoms with E-state index >= 15 is 0 Å². The molecule has 2 bridgehead atoms. The van der Waals surface area contributed by atoms with E-state index in [2.05, 4.69) is 37.0 Å². The lowest BCUT2D eigenvalue weighted by Gasteiger charge is -2.34. The molecule has 3 saturated heterocycles. The van der Waals surface area contributed by atoms with E-state index in [0.29, 0.717) is 26.2 Å². The number of nitrogens with one attached hydrogen (secondary N) is 1. The maximum atomic E-state index is 12.5. The van der Waals surface area contributed by atoms with Gasteiger partial charge in [-0.05, 0) is 40.0 Å². The fourth-order valence-corrected chi connectivity index (χ4v) is 5.27. The number of fused-ring (bicyclic) bond motifs is 3. The van der Waals surface area contributed by atoms with Crippen molar-refractivity contribution in [1.82, 2.24) is 34.6 Å². The number of amides is 2. The highest BCUT2D eigenvalue weighted by Crippen LogP contribution is 2.33. The molecule has 2 aromatic rings. The first-order valence-electron chi connectivity index (χ1n) is 13.0. The summed E-state index contributed by atoms with van der Waals surface area (Å²) in [4.78, 5) is 41.7. The molecule has 3 fully saturated rings. The number of likely N-dealkylation sites (tertiary alicyclic amines) is 2. The Morgan fingerprint density at radius 3 is 2.67 bits per heavy atom. The quantitative estimate of drug-likeness (QED) is 0.355. The van der Waals surface area contributed by atoms with E-state index in [-0.39, 0.29) is 41.0 Å². The van der Waals surface area contributed by atoms with Gasteiger partial charge in [0.25, 0.3) is 5.91 Å². The number of piperazine rings is 1. The van der Waals surface area contributed by atoms with E-state index in [1.807, 2.05) is 20.8 Å². The number of anilines is 1. The molecule has 3 aliphatic rings. The SMILES string of the molecule is CCNC(=O)[C@H]1O[C@@H](n2cnc3c(N)nc(C#CCN4CC5CC4CN5C(=O)OC(C)(C)C)nc32)C(O)C1O. The first kappa shape index (κ1) is 27.1. The summed E-state index contributed by atoms with van der Waals surface area (Å²) in [6, 6.07) is 0.303. The summed E-state index contributed by atoms with van der Waals surface area (Å²) in [5, 5.41) is 23.6. The molecular formula is C25H34N8O6. The predicted molar refractivity (Wildman–Crippen MR) is 138 cm³/mol. The number of ether oxygens (including phenoxy) is 2. The summed E-state index contributed by atoms with van der Waals surface area (Å²) in [6.45, 7) is 9.44. The molecular weight excluding hydrogens is 508 g/mol. The standard InChI is InChI=1S/C25H34N8O6/c1-5-27-22(36)19-17(34)18(35)23(38-19)33-12-28-16-20(26)29-15(30-21(16)33)7-6-8-31-10-14-9-13(31)11-32(14)24(37)39-25(2,3)4/h12-14,17-19,23,34-35H,5,8-11H2,1-4H3,(H,27,36)(H2,26,29,30)/t13?,14?,17?,18?,19-,23+/m0/s1. The van der Waals surface area contributed by atoms with Gasteiger partial charge in [0, 0.05) is 31.7 Å². The number of aromatic nitrogens is 4. The third-order valence-electron chi connectivity index (χ3n) is 7.03. The Balaban J connectivity index is 1.28. The maximum Gasteiger partial charge on any atom is 0.410 e. The van der Waals surface area contributed by atoms with Gasteiger partial charge in [0.15, 0.2) is 23.8 Å². The molecule has 210 valence electrons. The number of imidazole rings is 1. The highest BCUT2D eigenvalue weighted by Gasteiger charge is 2.48. The van der Waals surface area contributed by atoms with Crippen LogP contribution in [-0.2, 0) is 14.3 Å². The van der Waals surface area contributed by atoms with Gasteiger partial charge in [-0.2, -0.15) is 0 Å². The second-order valence-corrected chi connectivity index (χ2v) is 11.0. The molecule has 6 atom stereocenters. The molecule has 14 heteroatoms. The molecule has 14 nitrogen and oxygen atoms in total. The van der Waals surface area contributed by atoms with Crippen molar-refractivity contribution in [2.45, 2.75) is 76.3 Å². The number of likely N-dealkylation sites (N-methyl/N-ethyl adjacent to an activating group) is 1. The number of rotatable bonds is 4. The highest BCUT2D eigenvalue weighted by molar-refractivity contribution is 5.83. The molecule has 39 heavy (non-hydrogen) atoms. The van der Waals surface area contributed by atoms with Crippen LogP contribution in [0.25, 0.3) is 11.2 Å². The predicted octanol–water partition coefficient (Wildman–Crippen LogP) is -0.791. The molecule has 0 aliphatic carbocycles. The van der Waals surface area contributed by atoms with Gasteiger partial charge in [0.05, 0.1) is 12.9 Å². The van der Waals surface area contributed by atoms with E-state index in [1.54, 1.807) is 11.8 Å². The van der Waals surface area contributed by atoms with Crippen LogP contribution in [0.15, 0.2) is 6.33 Å². The van der Waals surface area contributed by atoms with Gasteiger partial charge < -0.3 is 35.6 Å². The number of carbonyl (C=O) groups is 2. The van der Waals surface area contributed by atoms with Crippen molar-refractivity contribution in [1.29, 1.82) is 0 Å². The maximum absolute atomic E-state index is 12.5. The Labute approximate surface area is 225 Å². The third-order valence-corrected chi connectivity index (χ3v) is 7.03. The number of carbonyl (C=O) groups excluding carboxylic acids is 2. The number of hydrogen-bond donors (Lipinski definition) is 4. The topological polar surface area (TPSA) is 181 Å². The minimum Gasteiger partial charge on any atom is -0.444 e. The molecule has 2 amide bonds. The zero-order chi connectivity index (χ0) is 28.1. The summed E-state index contributed by atoms with van der Waals surface area (Å²) >= 11 is 0. The molecule has 3 aliphatic heterocycles. The van der Waals surface area contributed by atoms with Gasteiger partial charge >= 0.3 is 6.09 Å². The summed E-state index contributed by atoms with van der Waals surface area (Å²) in [7, 11) is 0. The monoisotopic (exact) mass is 542 g/mol. The van der Waals surface area contributed by atoms with Gasteiger partial charge in [0.2, 0.25) is 5.82 Å². The third kappa shape index (κ3) is 5.22. The van der Waals surface area contributed by atoms with Crippen molar-refractivity contribution >= 4 is 29.0 Å². The van der Waals surface area contributed by atoms with E-state index < -0.39 is 36.0 Å². The van der Waals surface area contributed by atoms with Crippen LogP contribution in [0.5, 0.6) is 0 Å². The number of hydrogen-bond acceptors (Lipinski definition) is 11. The lowest BCUT2D eigenvalue weighted by molar-refractivity contribution is -0.137. The smallest absolute Gasteiger partial charge is 0.410 e. The zero-order valence-electron chi connectivity index (χ0n) is 22.4. The Morgan fingerprint density at radius 1 is 1.23 bits per heavy atom. The summed E-state index contributed by atoms with van der Waals surface area (Å²) in [6.07, 6.45) is -3.22. The molecule has 5 heterocycles. The van der Waals surface area contributed by atoms with Gasteiger partial charge in [-0.15, -0.1) is 0 Å². The molecule has 0 aromatic carbocycles. The van der Waals surface area contributed by atoms with Gasteiger partial charge in [-0.25, -0.2) is 19.7 Å². The molecule has 2 aromatic heterocycles. The average molecular weight is 543 g/mol. The van der Waals surface area contributed by atoms with Gasteiger partial charge in [-0.3, -0.25) is 14.3 Å². The lowest BCUT2D eigenvalue weighted by Crippen LogP contribution is -2.50. The fraction of sp³-hybridized carbons (Fsp3) is 0.640. The van der Waals surface area contributed by atoms with Crippen molar-refractivity contribution in [3.63, 3.8) is 0 Å². The minimum atomic E-state index is -1.43. The minimum absolute atomic E-state index is 0.0978. The van der Waals surface area contributed by atoms with Gasteiger partial charge in [-0.1, -0.05) is 5.92 Å². The number of aliphatic hydroxyl groups is 2. The number of nitrogens with zero attached hydrogens (tertiary/aromatic N) is 6. The Morgan fingerprint density at radius 2 is 2.00 bits per heavy atom. The zero-order valence-corrected chi connectivity index (χ0v) is 22.4. The van der Waals surface area contributed by atoms with E-state index in [1.165, 1.54) is 10.9 Å². The molecule has 0 spiro atoms. The first-order valence-corrected chi connectivity index (χ1v) is 13.0. The second kappa shape index (κ2) is 10.2. The molecule has 0 radical (unpaired) electrons.